The molecular formula is C22H31N3O4. The van der Waals surface area contributed by atoms with Crippen LogP contribution in [0.2, 0.25) is 0 Å². The number of phenolic OH excluding ortho intramolecular Hbond substituents is 1. The molecule has 7 heteroatoms. The van der Waals surface area contributed by atoms with Crippen LogP contribution in [0, 0.1) is 12.8 Å². The van der Waals surface area contributed by atoms with Crippen LogP contribution in [0.3, 0.4) is 0 Å². The summed E-state index contributed by atoms with van der Waals surface area (Å²) in [6.45, 7) is 5.98. The van der Waals surface area contributed by atoms with E-state index in [-0.39, 0.29) is 35.4 Å². The lowest BCUT2D eigenvalue weighted by atomic mass is 9.95. The highest BCUT2D eigenvalue weighted by molar-refractivity contribution is 5.98. The number of hydrogen-bond acceptors (Lipinski definition) is 4. The van der Waals surface area contributed by atoms with Crippen LogP contribution < -0.4 is 5.32 Å². The van der Waals surface area contributed by atoms with Crippen molar-refractivity contribution in [2.24, 2.45) is 5.92 Å². The Hall–Kier alpha value is -2.57. The van der Waals surface area contributed by atoms with E-state index in [0.29, 0.717) is 44.6 Å². The fourth-order valence-electron chi connectivity index (χ4n) is 4.35. The predicted octanol–water partition coefficient (Wildman–Crippen LogP) is 2.07. The number of benzene rings is 1. The van der Waals surface area contributed by atoms with Crippen molar-refractivity contribution >= 4 is 17.7 Å². The van der Waals surface area contributed by atoms with Gasteiger partial charge in [-0.1, -0.05) is 12.1 Å². The number of hydrogen-bond donors (Lipinski definition) is 2. The fourth-order valence-corrected chi connectivity index (χ4v) is 4.35. The van der Waals surface area contributed by atoms with Crippen molar-refractivity contribution in [2.75, 3.05) is 26.2 Å². The number of piperidine rings is 1. The zero-order valence-corrected chi connectivity index (χ0v) is 17.3. The number of nitrogens with zero attached hydrogens (tertiary/aromatic N) is 2. The van der Waals surface area contributed by atoms with Crippen LogP contribution in [-0.4, -0.2) is 64.8 Å². The summed E-state index contributed by atoms with van der Waals surface area (Å²) in [5, 5.41) is 13.1. The molecule has 2 unspecified atom stereocenters. The third-order valence-electron chi connectivity index (χ3n) is 6.03. The van der Waals surface area contributed by atoms with E-state index >= 15 is 0 Å². The molecule has 2 aliphatic rings. The Labute approximate surface area is 172 Å². The van der Waals surface area contributed by atoms with E-state index in [0.717, 1.165) is 24.8 Å². The molecule has 29 heavy (non-hydrogen) atoms. The van der Waals surface area contributed by atoms with Crippen molar-refractivity contribution in [3.8, 4) is 5.75 Å². The van der Waals surface area contributed by atoms with Crippen LogP contribution in [0.15, 0.2) is 18.2 Å². The Bertz CT molecular complexity index is 759. The third-order valence-corrected chi connectivity index (χ3v) is 6.03. The molecule has 2 N–H and O–H groups in total. The van der Waals surface area contributed by atoms with Gasteiger partial charge in [-0.15, -0.1) is 0 Å². The number of amides is 3. The summed E-state index contributed by atoms with van der Waals surface area (Å²) in [4.78, 5) is 41.4. The lowest BCUT2D eigenvalue weighted by Crippen LogP contribution is -2.50. The predicted molar refractivity (Wildman–Crippen MR) is 110 cm³/mol. The zero-order valence-electron chi connectivity index (χ0n) is 17.3. The first-order valence-corrected chi connectivity index (χ1v) is 10.6. The molecule has 0 spiro atoms. The molecule has 1 aromatic carbocycles. The van der Waals surface area contributed by atoms with Crippen LogP contribution in [-0.2, 0) is 9.59 Å². The van der Waals surface area contributed by atoms with Crippen molar-refractivity contribution < 1.29 is 19.5 Å². The van der Waals surface area contributed by atoms with Gasteiger partial charge in [0, 0.05) is 38.6 Å². The van der Waals surface area contributed by atoms with Crippen molar-refractivity contribution in [1.29, 1.82) is 0 Å². The van der Waals surface area contributed by atoms with Gasteiger partial charge in [0.15, 0.2) is 0 Å². The minimum Gasteiger partial charge on any atom is -0.507 e. The van der Waals surface area contributed by atoms with Gasteiger partial charge in [0.1, 0.15) is 5.75 Å². The van der Waals surface area contributed by atoms with Gasteiger partial charge in [-0.2, -0.15) is 0 Å². The summed E-state index contributed by atoms with van der Waals surface area (Å²) >= 11 is 0. The molecule has 0 aromatic heterocycles. The molecule has 3 rings (SSSR count). The quantitative estimate of drug-likeness (QED) is 0.808. The van der Waals surface area contributed by atoms with Crippen molar-refractivity contribution in [1.82, 2.24) is 15.1 Å². The van der Waals surface area contributed by atoms with Gasteiger partial charge < -0.3 is 20.2 Å². The molecule has 0 saturated carbocycles. The van der Waals surface area contributed by atoms with Gasteiger partial charge in [0.25, 0.3) is 5.91 Å². The molecule has 2 aliphatic heterocycles. The smallest absolute Gasteiger partial charge is 0.255 e. The summed E-state index contributed by atoms with van der Waals surface area (Å²) in [5.41, 5.74) is 1.01. The lowest BCUT2D eigenvalue weighted by Gasteiger charge is -2.35. The van der Waals surface area contributed by atoms with Crippen molar-refractivity contribution in [3.63, 3.8) is 0 Å². The molecule has 2 heterocycles. The highest BCUT2D eigenvalue weighted by Crippen LogP contribution is 2.23. The molecule has 2 fully saturated rings. The molecule has 1 aromatic rings. The number of nitrogens with one attached hydrogen (secondary N) is 1. The first-order valence-electron chi connectivity index (χ1n) is 10.6. The lowest BCUT2D eigenvalue weighted by molar-refractivity contribution is -0.143. The van der Waals surface area contributed by atoms with E-state index < -0.39 is 0 Å². The van der Waals surface area contributed by atoms with Gasteiger partial charge in [-0.05, 0) is 51.2 Å². The minimum absolute atomic E-state index is 0.0319. The number of likely N-dealkylation sites (tertiary alicyclic amines) is 2. The number of rotatable bonds is 4. The van der Waals surface area contributed by atoms with Gasteiger partial charge in [-0.3, -0.25) is 14.4 Å². The van der Waals surface area contributed by atoms with Crippen LogP contribution in [0.5, 0.6) is 5.75 Å². The summed E-state index contributed by atoms with van der Waals surface area (Å²) in [6, 6.07) is 4.86. The van der Waals surface area contributed by atoms with Crippen LogP contribution in [0.4, 0.5) is 0 Å². The molecule has 2 saturated heterocycles. The minimum atomic E-state index is -0.305. The highest BCUT2D eigenvalue weighted by Gasteiger charge is 2.33. The first-order chi connectivity index (χ1) is 13.9. The Balaban J connectivity index is 1.66. The largest absolute Gasteiger partial charge is 0.507 e. The molecule has 0 bridgehead atoms. The molecule has 158 valence electrons. The summed E-state index contributed by atoms with van der Waals surface area (Å²) < 4.78 is 0. The number of aromatic hydroxyl groups is 1. The normalized spacial score (nSPS) is 22.9. The highest BCUT2D eigenvalue weighted by atomic mass is 16.3. The van der Waals surface area contributed by atoms with E-state index in [1.165, 1.54) is 6.07 Å². The van der Waals surface area contributed by atoms with E-state index in [1.807, 2.05) is 11.8 Å². The number of phenols is 1. The fraction of sp³-hybridized carbons (Fsp3) is 0.591. The second-order valence-electron chi connectivity index (χ2n) is 8.09. The van der Waals surface area contributed by atoms with Crippen LogP contribution in [0.1, 0.15) is 54.9 Å². The summed E-state index contributed by atoms with van der Waals surface area (Å²) in [7, 11) is 0. The summed E-state index contributed by atoms with van der Waals surface area (Å²) in [5.74, 6) is -0.301. The Morgan fingerprint density at radius 2 is 2.00 bits per heavy atom. The molecule has 0 aliphatic carbocycles. The van der Waals surface area contributed by atoms with Gasteiger partial charge >= 0.3 is 0 Å². The van der Waals surface area contributed by atoms with Gasteiger partial charge in [-0.25, -0.2) is 0 Å². The maximum absolute atomic E-state index is 13.1. The summed E-state index contributed by atoms with van der Waals surface area (Å²) in [6.07, 6.45) is 3.64. The molecular weight excluding hydrogens is 370 g/mol. The van der Waals surface area contributed by atoms with E-state index in [2.05, 4.69) is 5.32 Å². The van der Waals surface area contributed by atoms with E-state index in [9.17, 15) is 19.5 Å². The van der Waals surface area contributed by atoms with Crippen molar-refractivity contribution in [3.05, 3.63) is 29.3 Å². The number of carbonyl (C=O) groups is 3. The maximum atomic E-state index is 13.1. The topological polar surface area (TPSA) is 90.0 Å². The standard InChI is InChI=1S/C22H31N3O4/c1-3-24-13-16(10-11-19(24)27)22(29)25-12-5-4-8-17(14-25)23-21(28)20-15(2)7-6-9-18(20)26/h6-7,9,16-17,26H,3-5,8,10-14H2,1-2H3,(H,23,28). The Morgan fingerprint density at radius 1 is 1.21 bits per heavy atom. The molecule has 0 radical (unpaired) electrons. The SMILES string of the molecule is CCN1CC(C(=O)N2CCCCC(NC(=O)c3c(C)cccc3O)C2)CCC1=O. The van der Waals surface area contributed by atoms with Gasteiger partial charge in [0.2, 0.25) is 11.8 Å². The maximum Gasteiger partial charge on any atom is 0.255 e. The molecule has 2 atom stereocenters. The van der Waals surface area contributed by atoms with Crippen molar-refractivity contribution in [2.45, 2.75) is 52.0 Å². The average Bonchev–Trinajstić information content (AvgIpc) is 2.93. The Kier molecular flexibility index (Phi) is 6.77. The monoisotopic (exact) mass is 401 g/mol. The average molecular weight is 402 g/mol. The van der Waals surface area contributed by atoms with E-state index in [4.69, 9.17) is 0 Å². The number of aryl methyl sites for hydroxylation is 1. The van der Waals surface area contributed by atoms with Gasteiger partial charge in [0.05, 0.1) is 11.5 Å². The zero-order chi connectivity index (χ0) is 21.0. The first kappa shape index (κ1) is 21.1. The molecule has 3 amide bonds. The second kappa shape index (κ2) is 9.29. The second-order valence-corrected chi connectivity index (χ2v) is 8.09. The Morgan fingerprint density at radius 3 is 2.72 bits per heavy atom. The molecule has 7 nitrogen and oxygen atoms in total. The van der Waals surface area contributed by atoms with E-state index in [1.54, 1.807) is 24.0 Å². The van der Waals surface area contributed by atoms with Crippen LogP contribution >= 0.6 is 0 Å². The van der Waals surface area contributed by atoms with Crippen LogP contribution in [0.25, 0.3) is 0 Å². The third kappa shape index (κ3) is 4.89. The number of carbonyl (C=O) groups excluding carboxylic acids is 3.